The predicted octanol–water partition coefficient (Wildman–Crippen LogP) is 3.01. The van der Waals surface area contributed by atoms with Crippen molar-refractivity contribution in [3.8, 4) is 0 Å². The first-order valence-corrected chi connectivity index (χ1v) is 10.1. The number of thiophene rings is 1. The molecule has 8 heteroatoms. The Morgan fingerprint density at radius 2 is 2.12 bits per heavy atom. The van der Waals surface area contributed by atoms with E-state index in [0.717, 1.165) is 12.8 Å². The van der Waals surface area contributed by atoms with Crippen LogP contribution >= 0.6 is 11.3 Å². The Balaban J connectivity index is 1.77. The lowest BCUT2D eigenvalue weighted by Gasteiger charge is -2.29. The maximum Gasteiger partial charge on any atom is 0.270 e. The van der Waals surface area contributed by atoms with Crippen molar-refractivity contribution in [3.05, 3.63) is 63.1 Å². The van der Waals surface area contributed by atoms with Crippen LogP contribution in [0.3, 0.4) is 0 Å². The number of nitrogens with one attached hydrogen (secondary N) is 1. The van der Waals surface area contributed by atoms with E-state index in [1.807, 2.05) is 0 Å². The van der Waals surface area contributed by atoms with Crippen LogP contribution in [-0.2, 0) is 16.6 Å². The maximum absolute atomic E-state index is 13.5. The van der Waals surface area contributed by atoms with Crippen molar-refractivity contribution in [1.29, 1.82) is 0 Å². The van der Waals surface area contributed by atoms with E-state index in [2.05, 4.69) is 5.32 Å². The number of anilines is 1. The minimum Gasteiger partial charge on any atom is -0.387 e. The first kappa shape index (κ1) is 16.3. The standard InChI is InChI=1S/C17H15FN2O3S2/c18-12-3-1-2-11(8-12)10-20-14-6-7-24-17(14)16(21)15(25(20,22)23)9-19-13-4-5-13/h1-3,6-9,13,19H,4-5,10H2. The van der Waals surface area contributed by atoms with E-state index in [4.69, 9.17) is 0 Å². The molecule has 130 valence electrons. The van der Waals surface area contributed by atoms with E-state index in [1.54, 1.807) is 17.5 Å². The van der Waals surface area contributed by atoms with Crippen LogP contribution in [0.4, 0.5) is 10.1 Å². The molecule has 2 aromatic rings. The van der Waals surface area contributed by atoms with Gasteiger partial charge in [-0.25, -0.2) is 12.8 Å². The summed E-state index contributed by atoms with van der Waals surface area (Å²) in [5, 5.41) is 4.67. The Hall–Kier alpha value is -2.19. The van der Waals surface area contributed by atoms with Crippen LogP contribution in [0.2, 0.25) is 0 Å². The minimum absolute atomic E-state index is 0.0299. The third-order valence-electron chi connectivity index (χ3n) is 4.15. The quantitative estimate of drug-likeness (QED) is 0.831. The topological polar surface area (TPSA) is 66.5 Å². The highest BCUT2D eigenvalue weighted by Crippen LogP contribution is 2.39. The van der Waals surface area contributed by atoms with Crippen LogP contribution in [0.5, 0.6) is 0 Å². The zero-order chi connectivity index (χ0) is 17.6. The van der Waals surface area contributed by atoms with Gasteiger partial charge in [0.25, 0.3) is 10.0 Å². The van der Waals surface area contributed by atoms with E-state index >= 15 is 0 Å². The van der Waals surface area contributed by atoms with E-state index in [9.17, 15) is 17.6 Å². The van der Waals surface area contributed by atoms with Gasteiger partial charge >= 0.3 is 0 Å². The molecule has 2 aliphatic rings. The van der Waals surface area contributed by atoms with Gasteiger partial charge in [0.2, 0.25) is 5.78 Å². The molecule has 4 rings (SSSR count). The van der Waals surface area contributed by atoms with Crippen molar-refractivity contribution < 1.29 is 17.6 Å². The van der Waals surface area contributed by atoms with E-state index < -0.39 is 21.6 Å². The summed E-state index contributed by atoms with van der Waals surface area (Å²) in [6, 6.07) is 7.64. The molecular weight excluding hydrogens is 363 g/mol. The number of carbonyl (C=O) groups is 1. The van der Waals surface area contributed by atoms with Crippen LogP contribution in [0.25, 0.3) is 0 Å². The van der Waals surface area contributed by atoms with Gasteiger partial charge < -0.3 is 5.32 Å². The van der Waals surface area contributed by atoms with Crippen LogP contribution in [0, 0.1) is 5.82 Å². The Bertz CT molecular complexity index is 977. The highest BCUT2D eigenvalue weighted by Gasteiger charge is 2.41. The first-order chi connectivity index (χ1) is 12.0. The lowest BCUT2D eigenvalue weighted by Crippen LogP contribution is -2.38. The molecule has 1 aromatic carbocycles. The maximum atomic E-state index is 13.5. The number of carbonyl (C=O) groups excluding carboxylic acids is 1. The molecule has 25 heavy (non-hydrogen) atoms. The minimum atomic E-state index is -4.01. The number of benzene rings is 1. The fourth-order valence-corrected chi connectivity index (χ4v) is 5.19. The monoisotopic (exact) mass is 378 g/mol. The number of hydrogen-bond donors (Lipinski definition) is 1. The van der Waals surface area contributed by atoms with Gasteiger partial charge in [-0.3, -0.25) is 9.10 Å². The molecule has 0 bridgehead atoms. The lowest BCUT2D eigenvalue weighted by atomic mass is 10.2. The third-order valence-corrected chi connectivity index (χ3v) is 6.82. The van der Waals surface area contributed by atoms with Crippen molar-refractivity contribution in [1.82, 2.24) is 5.32 Å². The van der Waals surface area contributed by atoms with Gasteiger partial charge in [-0.15, -0.1) is 11.3 Å². The van der Waals surface area contributed by atoms with E-state index in [0.29, 0.717) is 16.1 Å². The number of fused-ring (bicyclic) bond motifs is 1. The number of ketones is 1. The molecule has 2 heterocycles. The van der Waals surface area contributed by atoms with Crippen molar-refractivity contribution >= 4 is 32.8 Å². The molecule has 5 nitrogen and oxygen atoms in total. The summed E-state index contributed by atoms with van der Waals surface area (Å²) >= 11 is 1.21. The molecule has 1 aliphatic heterocycles. The Kier molecular flexibility index (Phi) is 3.88. The predicted molar refractivity (Wildman–Crippen MR) is 94.4 cm³/mol. The van der Waals surface area contributed by atoms with Crippen molar-refractivity contribution in [2.75, 3.05) is 4.31 Å². The smallest absolute Gasteiger partial charge is 0.270 e. The fourth-order valence-electron chi connectivity index (χ4n) is 2.70. The number of nitrogens with zero attached hydrogens (tertiary/aromatic N) is 1. The Labute approximate surface area is 148 Å². The van der Waals surface area contributed by atoms with Crippen LogP contribution in [-0.4, -0.2) is 20.2 Å². The summed E-state index contributed by atoms with van der Waals surface area (Å²) in [4.78, 5) is 12.7. The highest BCUT2D eigenvalue weighted by atomic mass is 32.2. The van der Waals surface area contributed by atoms with Crippen molar-refractivity contribution in [3.63, 3.8) is 0 Å². The van der Waals surface area contributed by atoms with Gasteiger partial charge in [0, 0.05) is 12.2 Å². The second-order valence-electron chi connectivity index (χ2n) is 6.06. The molecular formula is C17H15FN2O3S2. The van der Waals surface area contributed by atoms with E-state index in [1.165, 1.54) is 40.0 Å². The van der Waals surface area contributed by atoms with Gasteiger partial charge in [-0.2, -0.15) is 0 Å². The fraction of sp³-hybridized carbons (Fsp3) is 0.235. The normalized spacial score (nSPS) is 20.6. The molecule has 1 saturated carbocycles. The molecule has 1 aromatic heterocycles. The molecule has 1 N–H and O–H groups in total. The largest absolute Gasteiger partial charge is 0.387 e. The summed E-state index contributed by atoms with van der Waals surface area (Å²) in [5.74, 6) is -0.923. The number of Topliss-reactive ketones (excluding diaryl/α,β-unsaturated/α-hetero) is 1. The Morgan fingerprint density at radius 1 is 1.32 bits per heavy atom. The molecule has 0 saturated heterocycles. The molecule has 0 atom stereocenters. The summed E-state index contributed by atoms with van der Waals surface area (Å²) in [7, 11) is -4.01. The van der Waals surface area contributed by atoms with Crippen LogP contribution in [0.15, 0.2) is 46.8 Å². The second-order valence-corrected chi connectivity index (χ2v) is 8.80. The molecule has 1 aliphatic carbocycles. The SMILES string of the molecule is O=C1C(=CNC2CC2)S(=O)(=O)N(Cc2cccc(F)c2)c2ccsc21. The summed E-state index contributed by atoms with van der Waals surface area (Å²) in [6.07, 6.45) is 3.25. The molecule has 0 unspecified atom stereocenters. The highest BCUT2D eigenvalue weighted by molar-refractivity contribution is 7.97. The zero-order valence-corrected chi connectivity index (χ0v) is 14.7. The third kappa shape index (κ3) is 2.96. The second kappa shape index (κ2) is 5.96. The molecule has 0 radical (unpaired) electrons. The lowest BCUT2D eigenvalue weighted by molar-refractivity contribution is 0.104. The number of allylic oxidation sites excluding steroid dienone is 1. The van der Waals surface area contributed by atoms with Crippen LogP contribution in [0.1, 0.15) is 28.1 Å². The number of sulfonamides is 1. The summed E-state index contributed by atoms with van der Waals surface area (Å²) in [5.41, 5.74) is 0.868. The zero-order valence-electron chi connectivity index (χ0n) is 13.1. The number of rotatable bonds is 4. The van der Waals surface area contributed by atoms with Gasteiger partial charge in [-0.1, -0.05) is 12.1 Å². The van der Waals surface area contributed by atoms with Crippen molar-refractivity contribution in [2.24, 2.45) is 0 Å². The van der Waals surface area contributed by atoms with Gasteiger partial charge in [-0.05, 0) is 42.0 Å². The number of hydrogen-bond acceptors (Lipinski definition) is 5. The van der Waals surface area contributed by atoms with Gasteiger partial charge in [0.05, 0.1) is 12.2 Å². The average molecular weight is 378 g/mol. The molecule has 0 spiro atoms. The molecule has 0 amide bonds. The Morgan fingerprint density at radius 3 is 2.84 bits per heavy atom. The number of halogens is 1. The van der Waals surface area contributed by atoms with Crippen molar-refractivity contribution in [2.45, 2.75) is 25.4 Å². The van der Waals surface area contributed by atoms with Crippen LogP contribution < -0.4 is 9.62 Å². The first-order valence-electron chi connectivity index (χ1n) is 7.82. The summed E-state index contributed by atoms with van der Waals surface area (Å²) < 4.78 is 40.7. The van der Waals surface area contributed by atoms with E-state index in [-0.39, 0.29) is 17.5 Å². The van der Waals surface area contributed by atoms with Gasteiger partial charge in [0.1, 0.15) is 10.7 Å². The van der Waals surface area contributed by atoms with Gasteiger partial charge in [0.15, 0.2) is 4.91 Å². The molecule has 1 fully saturated rings. The summed E-state index contributed by atoms with van der Waals surface area (Å²) in [6.45, 7) is -0.0299. The average Bonchev–Trinajstić information content (AvgIpc) is 3.25.